The summed E-state index contributed by atoms with van der Waals surface area (Å²) in [6, 6.07) is 3.36. The number of benzene rings is 1. The van der Waals surface area contributed by atoms with E-state index in [1.807, 2.05) is 0 Å². The van der Waals surface area contributed by atoms with Gasteiger partial charge < -0.3 is 14.6 Å². The summed E-state index contributed by atoms with van der Waals surface area (Å²) in [5.41, 5.74) is 0.678. The molecule has 0 bridgehead atoms. The summed E-state index contributed by atoms with van der Waals surface area (Å²) in [6.45, 7) is 1.63. The van der Waals surface area contributed by atoms with E-state index in [0.29, 0.717) is 28.5 Å². The summed E-state index contributed by atoms with van der Waals surface area (Å²) < 4.78 is 10.4. The van der Waals surface area contributed by atoms with Crippen molar-refractivity contribution in [1.82, 2.24) is 0 Å². The molecular formula is C12H15ClO4. The second kappa shape index (κ2) is 5.77. The molecular weight excluding hydrogens is 244 g/mol. The van der Waals surface area contributed by atoms with E-state index < -0.39 is 11.9 Å². The molecule has 0 aromatic heterocycles. The molecule has 0 saturated heterocycles. The van der Waals surface area contributed by atoms with Gasteiger partial charge in [0.15, 0.2) is 0 Å². The van der Waals surface area contributed by atoms with Crippen LogP contribution in [-0.2, 0) is 11.2 Å². The summed E-state index contributed by atoms with van der Waals surface area (Å²) >= 11 is 5.99. The highest BCUT2D eigenvalue weighted by atomic mass is 35.5. The Morgan fingerprint density at radius 1 is 1.41 bits per heavy atom. The molecule has 1 atom stereocenters. The second-order valence-electron chi connectivity index (χ2n) is 3.70. The predicted molar refractivity (Wildman–Crippen MR) is 65.1 cm³/mol. The summed E-state index contributed by atoms with van der Waals surface area (Å²) in [4.78, 5) is 10.9. The van der Waals surface area contributed by atoms with Crippen molar-refractivity contribution in [1.29, 1.82) is 0 Å². The van der Waals surface area contributed by atoms with Crippen molar-refractivity contribution in [2.75, 3.05) is 14.2 Å². The Balaban J connectivity index is 3.18. The molecule has 1 aromatic rings. The van der Waals surface area contributed by atoms with E-state index in [9.17, 15) is 4.79 Å². The van der Waals surface area contributed by atoms with Gasteiger partial charge in [0.1, 0.15) is 11.5 Å². The highest BCUT2D eigenvalue weighted by molar-refractivity contribution is 6.32. The monoisotopic (exact) mass is 258 g/mol. The first kappa shape index (κ1) is 13.6. The number of carboxylic acid groups (broad SMARTS) is 1. The lowest BCUT2D eigenvalue weighted by Gasteiger charge is -2.16. The molecule has 4 nitrogen and oxygen atoms in total. The Labute approximate surface area is 105 Å². The standard InChI is InChI=1S/C12H15ClO4/c1-7(12(14)15)6-8-10(16-2)5-4-9(13)11(8)17-3/h4-5,7H,6H2,1-3H3,(H,14,15). The molecule has 0 spiro atoms. The fourth-order valence-electron chi connectivity index (χ4n) is 1.58. The maximum atomic E-state index is 10.9. The Morgan fingerprint density at radius 2 is 2.06 bits per heavy atom. The summed E-state index contributed by atoms with van der Waals surface area (Å²) in [6.07, 6.45) is 0.308. The Kier molecular flexibility index (Phi) is 4.63. The normalized spacial score (nSPS) is 12.0. The number of aliphatic carboxylic acids is 1. The Hall–Kier alpha value is -1.42. The van der Waals surface area contributed by atoms with Crippen LogP contribution in [0.1, 0.15) is 12.5 Å². The number of carboxylic acids is 1. The Morgan fingerprint density at radius 3 is 2.53 bits per heavy atom. The van der Waals surface area contributed by atoms with Crippen LogP contribution in [0, 0.1) is 5.92 Å². The zero-order valence-corrected chi connectivity index (χ0v) is 10.7. The highest BCUT2D eigenvalue weighted by Crippen LogP contribution is 2.36. The summed E-state index contributed by atoms with van der Waals surface area (Å²) in [7, 11) is 3.02. The van der Waals surface area contributed by atoms with Gasteiger partial charge in [-0.3, -0.25) is 4.79 Å². The molecule has 0 aliphatic rings. The first-order valence-electron chi connectivity index (χ1n) is 5.13. The molecule has 5 heteroatoms. The van der Waals surface area contributed by atoms with E-state index in [2.05, 4.69) is 0 Å². The minimum atomic E-state index is -0.867. The predicted octanol–water partition coefficient (Wildman–Crippen LogP) is 2.62. The van der Waals surface area contributed by atoms with Crippen molar-refractivity contribution < 1.29 is 19.4 Å². The zero-order chi connectivity index (χ0) is 13.0. The zero-order valence-electron chi connectivity index (χ0n) is 9.99. The lowest BCUT2D eigenvalue weighted by Crippen LogP contribution is -2.13. The molecule has 1 unspecified atom stereocenters. The molecule has 0 aliphatic carbocycles. The van der Waals surface area contributed by atoms with Gasteiger partial charge in [-0.25, -0.2) is 0 Å². The van der Waals surface area contributed by atoms with Crippen LogP contribution in [0.2, 0.25) is 5.02 Å². The molecule has 0 heterocycles. The fraction of sp³-hybridized carbons (Fsp3) is 0.417. The molecule has 1 rings (SSSR count). The first-order chi connectivity index (χ1) is 8.01. The van der Waals surface area contributed by atoms with Crippen molar-refractivity contribution in [2.45, 2.75) is 13.3 Å². The van der Waals surface area contributed by atoms with Crippen LogP contribution in [0.5, 0.6) is 11.5 Å². The lowest BCUT2D eigenvalue weighted by molar-refractivity contribution is -0.141. The smallest absolute Gasteiger partial charge is 0.306 e. The van der Waals surface area contributed by atoms with Crippen molar-refractivity contribution in [3.05, 3.63) is 22.7 Å². The number of hydrogen-bond donors (Lipinski definition) is 1. The van der Waals surface area contributed by atoms with Gasteiger partial charge in [-0.2, -0.15) is 0 Å². The van der Waals surface area contributed by atoms with Gasteiger partial charge >= 0.3 is 5.97 Å². The van der Waals surface area contributed by atoms with Crippen LogP contribution < -0.4 is 9.47 Å². The van der Waals surface area contributed by atoms with Crippen molar-refractivity contribution in [2.24, 2.45) is 5.92 Å². The average Bonchev–Trinajstić information content (AvgIpc) is 2.29. The Bertz CT molecular complexity index is 417. The first-order valence-corrected chi connectivity index (χ1v) is 5.51. The van der Waals surface area contributed by atoms with Crippen molar-refractivity contribution >= 4 is 17.6 Å². The number of methoxy groups -OCH3 is 2. The van der Waals surface area contributed by atoms with Gasteiger partial charge in [0.05, 0.1) is 25.2 Å². The van der Waals surface area contributed by atoms with Crippen LogP contribution in [0.25, 0.3) is 0 Å². The second-order valence-corrected chi connectivity index (χ2v) is 4.11. The van der Waals surface area contributed by atoms with Gasteiger partial charge in [-0.05, 0) is 18.6 Å². The molecule has 0 aliphatic heterocycles. The maximum Gasteiger partial charge on any atom is 0.306 e. The summed E-state index contributed by atoms with van der Waals surface area (Å²) in [5.74, 6) is -0.344. The van der Waals surface area contributed by atoms with E-state index in [1.165, 1.54) is 14.2 Å². The van der Waals surface area contributed by atoms with E-state index in [0.717, 1.165) is 0 Å². The average molecular weight is 259 g/mol. The van der Waals surface area contributed by atoms with Crippen LogP contribution in [0.4, 0.5) is 0 Å². The molecule has 0 fully saturated rings. The van der Waals surface area contributed by atoms with Gasteiger partial charge in [0.25, 0.3) is 0 Å². The molecule has 0 amide bonds. The molecule has 94 valence electrons. The third kappa shape index (κ3) is 3.03. The van der Waals surface area contributed by atoms with Crippen LogP contribution >= 0.6 is 11.6 Å². The van der Waals surface area contributed by atoms with E-state index in [1.54, 1.807) is 19.1 Å². The number of carbonyl (C=O) groups is 1. The largest absolute Gasteiger partial charge is 0.496 e. The van der Waals surface area contributed by atoms with Crippen LogP contribution in [0.3, 0.4) is 0 Å². The number of ether oxygens (including phenoxy) is 2. The third-order valence-corrected chi connectivity index (χ3v) is 2.82. The highest BCUT2D eigenvalue weighted by Gasteiger charge is 2.20. The van der Waals surface area contributed by atoms with Crippen molar-refractivity contribution in [3.8, 4) is 11.5 Å². The minimum absolute atomic E-state index is 0.308. The molecule has 1 N–H and O–H groups in total. The van der Waals surface area contributed by atoms with Crippen molar-refractivity contribution in [3.63, 3.8) is 0 Å². The third-order valence-electron chi connectivity index (χ3n) is 2.53. The maximum absolute atomic E-state index is 10.9. The van der Waals surface area contributed by atoms with Gasteiger partial charge in [0.2, 0.25) is 0 Å². The summed E-state index contributed by atoms with van der Waals surface area (Å²) in [5, 5.41) is 9.37. The van der Waals surface area contributed by atoms with Gasteiger partial charge in [-0.1, -0.05) is 18.5 Å². The molecule has 0 radical (unpaired) electrons. The van der Waals surface area contributed by atoms with Gasteiger partial charge in [0, 0.05) is 5.56 Å². The van der Waals surface area contributed by atoms with Crippen LogP contribution in [0.15, 0.2) is 12.1 Å². The topological polar surface area (TPSA) is 55.8 Å². The SMILES string of the molecule is COc1ccc(Cl)c(OC)c1CC(C)C(=O)O. The van der Waals surface area contributed by atoms with Crippen LogP contribution in [-0.4, -0.2) is 25.3 Å². The van der Waals surface area contributed by atoms with E-state index >= 15 is 0 Å². The lowest BCUT2D eigenvalue weighted by atomic mass is 9.99. The number of halogens is 1. The molecule has 17 heavy (non-hydrogen) atoms. The molecule has 1 aromatic carbocycles. The van der Waals surface area contributed by atoms with Gasteiger partial charge in [-0.15, -0.1) is 0 Å². The number of hydrogen-bond acceptors (Lipinski definition) is 3. The minimum Gasteiger partial charge on any atom is -0.496 e. The fourth-order valence-corrected chi connectivity index (χ4v) is 1.83. The quantitative estimate of drug-likeness (QED) is 0.882. The number of rotatable bonds is 5. The van der Waals surface area contributed by atoms with E-state index in [-0.39, 0.29) is 0 Å². The van der Waals surface area contributed by atoms with E-state index in [4.69, 9.17) is 26.2 Å². The molecule has 0 saturated carbocycles.